The minimum Gasteiger partial charge on any atom is -0.387 e. The van der Waals surface area contributed by atoms with Crippen LogP contribution < -0.4 is 0 Å². The quantitative estimate of drug-likeness (QED) is 0.626. The van der Waals surface area contributed by atoms with E-state index in [0.29, 0.717) is 23.6 Å². The number of ketones is 1. The smallest absolute Gasteiger partial charge is 0.147 e. The Hall–Kier alpha value is 0.0700. The topological polar surface area (TPSA) is 46.5 Å². The maximum atomic E-state index is 12.7. The molecule has 0 saturated heterocycles. The van der Waals surface area contributed by atoms with E-state index in [1.807, 2.05) is 0 Å². The molecule has 4 rings (SSSR count). The fourth-order valence-electron chi connectivity index (χ4n) is 8.18. The van der Waals surface area contributed by atoms with Gasteiger partial charge >= 0.3 is 0 Å². The van der Waals surface area contributed by atoms with Crippen molar-refractivity contribution < 1.29 is 14.6 Å². The predicted molar refractivity (Wildman–Crippen MR) is 111 cm³/mol. The number of hydrogen-bond acceptors (Lipinski definition) is 3. The van der Waals surface area contributed by atoms with E-state index in [4.69, 9.17) is 4.74 Å². The molecule has 0 aromatic heterocycles. The minimum absolute atomic E-state index is 0.225. The summed E-state index contributed by atoms with van der Waals surface area (Å²) in [7, 11) is 1.71. The van der Waals surface area contributed by atoms with E-state index in [0.717, 1.165) is 42.9 Å². The van der Waals surface area contributed by atoms with Gasteiger partial charge in [0.25, 0.3) is 0 Å². The highest BCUT2D eigenvalue weighted by Gasteiger charge is 2.57. The minimum atomic E-state index is -0.593. The second-order valence-corrected chi connectivity index (χ2v) is 11.0. The van der Waals surface area contributed by atoms with Crippen LogP contribution in [0.3, 0.4) is 0 Å². The van der Waals surface area contributed by atoms with Gasteiger partial charge in [0.1, 0.15) is 5.78 Å². The lowest BCUT2D eigenvalue weighted by molar-refractivity contribution is -0.151. The van der Waals surface area contributed by atoms with Crippen molar-refractivity contribution in [2.45, 2.75) is 76.7 Å². The van der Waals surface area contributed by atoms with Crippen LogP contribution in [0.5, 0.6) is 0 Å². The Kier molecular flexibility index (Phi) is 5.82. The molecule has 1 N–H and O–H groups in total. The monoisotopic (exact) mass is 440 g/mol. The van der Waals surface area contributed by atoms with Crippen molar-refractivity contribution in [1.82, 2.24) is 0 Å². The van der Waals surface area contributed by atoms with Gasteiger partial charge < -0.3 is 9.84 Å². The number of ether oxygens (including phenoxy) is 1. The van der Waals surface area contributed by atoms with Crippen molar-refractivity contribution in [1.29, 1.82) is 0 Å². The van der Waals surface area contributed by atoms with Gasteiger partial charge in [-0.15, -0.1) is 0 Å². The molecule has 0 spiro atoms. The molecule has 4 saturated carbocycles. The van der Waals surface area contributed by atoms with E-state index in [1.54, 1.807) is 7.11 Å². The number of fused-ring (bicyclic) bond motifs is 5. The molecule has 0 aliphatic heterocycles. The number of Topliss-reactive ketones (excluding diaryl/α,β-unsaturated/α-hetero) is 1. The normalized spacial score (nSPS) is 49.6. The fourth-order valence-corrected chi connectivity index (χ4v) is 8.57. The van der Waals surface area contributed by atoms with E-state index in [9.17, 15) is 9.90 Å². The summed E-state index contributed by atoms with van der Waals surface area (Å²) in [5.74, 6) is 4.55. The highest BCUT2D eigenvalue weighted by atomic mass is 79.9. The molecule has 4 fully saturated rings. The molecule has 0 aromatic carbocycles. The summed E-state index contributed by atoms with van der Waals surface area (Å²) in [5.41, 5.74) is -0.368. The molecule has 0 radical (unpaired) electrons. The van der Waals surface area contributed by atoms with Crippen LogP contribution in [-0.4, -0.2) is 35.5 Å². The van der Waals surface area contributed by atoms with Gasteiger partial charge in [-0.25, -0.2) is 0 Å². The predicted octanol–water partition coefficient (Wildman–Crippen LogP) is 4.99. The van der Waals surface area contributed by atoms with Gasteiger partial charge in [-0.1, -0.05) is 29.3 Å². The van der Waals surface area contributed by atoms with E-state index >= 15 is 0 Å². The Balaban J connectivity index is 1.52. The second-order valence-electron chi connectivity index (χ2n) is 10.5. The molecule has 0 aromatic rings. The SMILES string of the molecule is COC[C@@]1(O)CC[C@H]2[C@@H](CC[C@@H]3[C@@H]2CC[C@]2(C)C(C(=O)CBr)CCC[C@@H]32)C1. The molecular formula is C23H37BrO3. The molecule has 154 valence electrons. The van der Waals surface area contributed by atoms with Gasteiger partial charge in [-0.3, -0.25) is 4.79 Å². The lowest BCUT2D eigenvalue weighted by atomic mass is 9.44. The zero-order valence-electron chi connectivity index (χ0n) is 17.1. The van der Waals surface area contributed by atoms with E-state index in [2.05, 4.69) is 22.9 Å². The summed E-state index contributed by atoms with van der Waals surface area (Å²) < 4.78 is 5.31. The Labute approximate surface area is 173 Å². The highest BCUT2D eigenvalue weighted by molar-refractivity contribution is 9.09. The van der Waals surface area contributed by atoms with Crippen LogP contribution in [0.25, 0.3) is 0 Å². The van der Waals surface area contributed by atoms with Crippen LogP contribution >= 0.6 is 15.9 Å². The number of hydrogen-bond donors (Lipinski definition) is 1. The first kappa shape index (κ1) is 20.3. The lowest BCUT2D eigenvalue weighted by Gasteiger charge is -2.60. The van der Waals surface area contributed by atoms with Crippen molar-refractivity contribution >= 4 is 21.7 Å². The van der Waals surface area contributed by atoms with E-state index in [-0.39, 0.29) is 11.3 Å². The standard InChI is InChI=1S/C23H37BrO3/c1-22-10-8-17-16-9-11-23(26,14-27-2)12-15(16)6-7-18(17)19(22)4-3-5-20(22)21(25)13-24/h15-20,26H,3-14H2,1-2H3/t15-,16-,17+,18+,19-,20?,22-,23+/m0/s1. The van der Waals surface area contributed by atoms with Crippen LogP contribution in [0.1, 0.15) is 71.1 Å². The largest absolute Gasteiger partial charge is 0.387 e. The Morgan fingerprint density at radius 3 is 2.59 bits per heavy atom. The molecule has 4 aliphatic carbocycles. The number of alkyl halides is 1. The zero-order valence-corrected chi connectivity index (χ0v) is 18.7. The summed E-state index contributed by atoms with van der Waals surface area (Å²) in [6.45, 7) is 2.93. The van der Waals surface area contributed by atoms with Gasteiger partial charge in [0.05, 0.1) is 17.5 Å². The van der Waals surface area contributed by atoms with Crippen molar-refractivity contribution in [2.24, 2.45) is 40.9 Å². The van der Waals surface area contributed by atoms with Crippen LogP contribution in [0.2, 0.25) is 0 Å². The molecule has 4 heteroatoms. The average Bonchev–Trinajstić information content (AvgIpc) is 2.65. The second kappa shape index (κ2) is 7.72. The number of aliphatic hydroxyl groups is 1. The van der Waals surface area contributed by atoms with Crippen LogP contribution in [-0.2, 0) is 9.53 Å². The fraction of sp³-hybridized carbons (Fsp3) is 0.957. The summed E-state index contributed by atoms with van der Waals surface area (Å²) in [6, 6.07) is 0. The van der Waals surface area contributed by atoms with Gasteiger partial charge in [0.15, 0.2) is 0 Å². The molecule has 0 heterocycles. The van der Waals surface area contributed by atoms with Crippen LogP contribution in [0.4, 0.5) is 0 Å². The molecule has 0 amide bonds. The Bertz CT molecular complexity index is 566. The highest BCUT2D eigenvalue weighted by Crippen LogP contribution is 2.63. The van der Waals surface area contributed by atoms with E-state index < -0.39 is 5.60 Å². The number of carbonyl (C=O) groups is 1. The Morgan fingerprint density at radius 2 is 1.85 bits per heavy atom. The van der Waals surface area contributed by atoms with Crippen molar-refractivity contribution in [3.05, 3.63) is 0 Å². The maximum Gasteiger partial charge on any atom is 0.147 e. The number of methoxy groups -OCH3 is 1. The Morgan fingerprint density at radius 1 is 1.07 bits per heavy atom. The van der Waals surface area contributed by atoms with Gasteiger partial charge in [0.2, 0.25) is 0 Å². The first-order chi connectivity index (χ1) is 12.9. The number of halogens is 1. The average molecular weight is 441 g/mol. The maximum absolute atomic E-state index is 12.7. The number of carbonyl (C=O) groups excluding carboxylic acids is 1. The molecule has 3 nitrogen and oxygen atoms in total. The van der Waals surface area contributed by atoms with Crippen molar-refractivity contribution in [2.75, 3.05) is 19.0 Å². The molecular weight excluding hydrogens is 404 g/mol. The molecule has 4 aliphatic rings. The first-order valence-corrected chi connectivity index (χ1v) is 12.3. The third-order valence-corrected chi connectivity index (χ3v) is 9.83. The lowest BCUT2D eigenvalue weighted by Crippen LogP contribution is -2.55. The van der Waals surface area contributed by atoms with Gasteiger partial charge in [-0.05, 0) is 92.8 Å². The summed E-state index contributed by atoms with van der Waals surface area (Å²) in [5, 5.41) is 11.4. The molecule has 0 bridgehead atoms. The summed E-state index contributed by atoms with van der Waals surface area (Å²) in [6.07, 6.45) is 11.8. The van der Waals surface area contributed by atoms with Crippen LogP contribution in [0, 0.1) is 40.9 Å². The zero-order chi connectivity index (χ0) is 19.2. The van der Waals surface area contributed by atoms with Gasteiger partial charge in [-0.2, -0.15) is 0 Å². The van der Waals surface area contributed by atoms with Crippen molar-refractivity contribution in [3.63, 3.8) is 0 Å². The van der Waals surface area contributed by atoms with Crippen LogP contribution in [0.15, 0.2) is 0 Å². The van der Waals surface area contributed by atoms with Crippen molar-refractivity contribution in [3.8, 4) is 0 Å². The molecule has 1 unspecified atom stereocenters. The third-order valence-electron chi connectivity index (χ3n) is 9.28. The van der Waals surface area contributed by atoms with E-state index in [1.165, 1.54) is 44.9 Å². The summed E-state index contributed by atoms with van der Waals surface area (Å²) >= 11 is 3.45. The number of rotatable bonds is 4. The molecule has 27 heavy (non-hydrogen) atoms. The third kappa shape index (κ3) is 3.46. The first-order valence-electron chi connectivity index (χ1n) is 11.2. The summed E-state index contributed by atoms with van der Waals surface area (Å²) in [4.78, 5) is 12.7. The molecule has 8 atom stereocenters. The van der Waals surface area contributed by atoms with Gasteiger partial charge in [0, 0.05) is 13.0 Å².